The molecule has 1 saturated heterocycles. The molecule has 0 aromatic carbocycles. The van der Waals surface area contributed by atoms with Crippen LogP contribution >= 0.6 is 0 Å². The Morgan fingerprint density at radius 3 is 2.55 bits per heavy atom. The molecule has 1 N–H and O–H groups in total. The second-order valence-electron chi connectivity index (χ2n) is 5.84. The smallest absolute Gasteiger partial charge is 0.410 e. The Morgan fingerprint density at radius 2 is 2.00 bits per heavy atom. The quantitative estimate of drug-likeness (QED) is 0.635. The van der Waals surface area contributed by atoms with Crippen LogP contribution in [0.4, 0.5) is 4.79 Å². The molecule has 0 aromatic rings. The van der Waals surface area contributed by atoms with Crippen LogP contribution < -0.4 is 0 Å². The Morgan fingerprint density at radius 1 is 1.35 bits per heavy atom. The number of ether oxygens (including phenoxy) is 2. The lowest BCUT2D eigenvalue weighted by atomic mass is 10.1. The lowest BCUT2D eigenvalue weighted by Gasteiger charge is -2.28. The molecule has 1 aliphatic heterocycles. The van der Waals surface area contributed by atoms with Crippen molar-refractivity contribution in [2.75, 3.05) is 13.2 Å². The second kappa shape index (κ2) is 6.72. The fourth-order valence-corrected chi connectivity index (χ4v) is 2.15. The molecule has 1 rings (SSSR count). The Balaban J connectivity index is 2.62. The fraction of sp³-hybridized carbons (Fsp3) is 0.786. The average Bonchev–Trinajstić information content (AvgIpc) is 2.75. The van der Waals surface area contributed by atoms with E-state index in [9.17, 15) is 9.59 Å². The lowest BCUT2D eigenvalue weighted by molar-refractivity contribution is -0.141. The summed E-state index contributed by atoms with van der Waals surface area (Å²) in [6.07, 6.45) is 1.01. The zero-order chi connectivity index (χ0) is 15.3. The van der Waals surface area contributed by atoms with Crippen LogP contribution in [0.25, 0.3) is 0 Å². The molecule has 114 valence electrons. The van der Waals surface area contributed by atoms with Crippen LogP contribution in [0.15, 0.2) is 0 Å². The number of carbonyl (C=O) groups excluding carboxylic acids is 2. The van der Waals surface area contributed by atoms with Gasteiger partial charge < -0.3 is 14.9 Å². The molecule has 1 heterocycles. The highest BCUT2D eigenvalue weighted by Crippen LogP contribution is 2.22. The van der Waals surface area contributed by atoms with Crippen molar-refractivity contribution in [2.24, 2.45) is 0 Å². The van der Waals surface area contributed by atoms with Gasteiger partial charge in [0.2, 0.25) is 0 Å². The molecule has 0 aliphatic carbocycles. The van der Waals surface area contributed by atoms with Crippen molar-refractivity contribution in [1.82, 2.24) is 4.90 Å². The van der Waals surface area contributed by atoms with Gasteiger partial charge in [0.05, 0.1) is 19.1 Å². The molecule has 6 heteroatoms. The minimum atomic E-state index is -0.562. The van der Waals surface area contributed by atoms with Crippen LogP contribution in [0.1, 0.15) is 47.0 Å². The number of rotatable bonds is 4. The summed E-state index contributed by atoms with van der Waals surface area (Å²) in [5.74, 6) is -0.423. The summed E-state index contributed by atoms with van der Waals surface area (Å²) in [6, 6.07) is -0.353. The van der Waals surface area contributed by atoms with Gasteiger partial charge in [-0.25, -0.2) is 4.79 Å². The molecule has 1 amide bonds. The SMILES string of the molecule is CCOC(=O)CC(=N)[C@@H]1CCCN1C(=O)OC(C)(C)C. The van der Waals surface area contributed by atoms with Crippen LogP contribution in [0.3, 0.4) is 0 Å². The van der Waals surface area contributed by atoms with Gasteiger partial charge in [-0.1, -0.05) is 0 Å². The first-order valence-corrected chi connectivity index (χ1v) is 6.97. The highest BCUT2D eigenvalue weighted by atomic mass is 16.6. The van der Waals surface area contributed by atoms with E-state index in [4.69, 9.17) is 14.9 Å². The molecule has 1 fully saturated rings. The first-order chi connectivity index (χ1) is 9.24. The predicted molar refractivity (Wildman–Crippen MR) is 74.9 cm³/mol. The minimum Gasteiger partial charge on any atom is -0.466 e. The van der Waals surface area contributed by atoms with Gasteiger partial charge in [0.15, 0.2) is 0 Å². The third-order valence-electron chi connectivity index (χ3n) is 2.92. The summed E-state index contributed by atoms with van der Waals surface area (Å²) in [6.45, 7) is 8.00. The molecule has 0 radical (unpaired) electrons. The van der Waals surface area contributed by atoms with Crippen molar-refractivity contribution in [1.29, 1.82) is 5.41 Å². The molecule has 20 heavy (non-hydrogen) atoms. The average molecular weight is 284 g/mol. The van der Waals surface area contributed by atoms with E-state index in [1.54, 1.807) is 27.7 Å². The Kier molecular flexibility index (Phi) is 5.53. The number of nitrogens with zero attached hydrogens (tertiary/aromatic N) is 1. The summed E-state index contributed by atoms with van der Waals surface area (Å²) in [7, 11) is 0. The van der Waals surface area contributed by atoms with Crippen molar-refractivity contribution >= 4 is 17.8 Å². The molecule has 6 nitrogen and oxygen atoms in total. The van der Waals surface area contributed by atoms with Crippen molar-refractivity contribution in [2.45, 2.75) is 58.6 Å². The molecule has 0 spiro atoms. The number of amides is 1. The van der Waals surface area contributed by atoms with E-state index >= 15 is 0 Å². The summed E-state index contributed by atoms with van der Waals surface area (Å²) in [4.78, 5) is 25.0. The number of nitrogens with one attached hydrogen (secondary N) is 1. The second-order valence-corrected chi connectivity index (χ2v) is 5.84. The molecule has 1 aliphatic rings. The van der Waals surface area contributed by atoms with Gasteiger partial charge in [-0.3, -0.25) is 9.69 Å². The highest BCUT2D eigenvalue weighted by Gasteiger charge is 2.35. The van der Waals surface area contributed by atoms with Crippen LogP contribution in [0.5, 0.6) is 0 Å². The molecule has 1 atom stereocenters. The summed E-state index contributed by atoms with van der Waals surface area (Å²) in [5.41, 5.74) is -0.347. The van der Waals surface area contributed by atoms with E-state index in [0.717, 1.165) is 6.42 Å². The molecular formula is C14H24N2O4. The molecule has 0 aromatic heterocycles. The Hall–Kier alpha value is -1.59. The lowest BCUT2D eigenvalue weighted by Crippen LogP contribution is -2.43. The number of hydrogen-bond donors (Lipinski definition) is 1. The van der Waals surface area contributed by atoms with Gasteiger partial charge >= 0.3 is 12.1 Å². The number of hydrogen-bond acceptors (Lipinski definition) is 5. The van der Waals surface area contributed by atoms with E-state index in [-0.39, 0.29) is 18.2 Å². The number of carbonyl (C=O) groups is 2. The maximum Gasteiger partial charge on any atom is 0.410 e. The van der Waals surface area contributed by atoms with Gasteiger partial charge in [-0.15, -0.1) is 0 Å². The summed E-state index contributed by atoms with van der Waals surface area (Å²) in [5, 5.41) is 8.00. The normalized spacial score (nSPS) is 18.8. The molecule has 0 unspecified atom stereocenters. The van der Waals surface area contributed by atoms with Crippen LogP contribution in [0, 0.1) is 5.41 Å². The first kappa shape index (κ1) is 16.5. The zero-order valence-electron chi connectivity index (χ0n) is 12.7. The number of esters is 1. The molecule has 0 bridgehead atoms. The predicted octanol–water partition coefficient (Wildman–Crippen LogP) is 2.36. The summed E-state index contributed by atoms with van der Waals surface area (Å²) >= 11 is 0. The van der Waals surface area contributed by atoms with Gasteiger partial charge in [-0.05, 0) is 40.5 Å². The van der Waals surface area contributed by atoms with Gasteiger partial charge in [0.1, 0.15) is 5.60 Å². The highest BCUT2D eigenvalue weighted by molar-refractivity contribution is 6.01. The first-order valence-electron chi connectivity index (χ1n) is 6.97. The van der Waals surface area contributed by atoms with E-state index in [1.165, 1.54) is 4.90 Å². The standard InChI is InChI=1S/C14H24N2O4/c1-5-19-12(17)9-10(15)11-7-6-8-16(11)13(18)20-14(2,3)4/h11,15H,5-9H2,1-4H3/t11-/m0/s1. The van der Waals surface area contributed by atoms with Crippen LogP contribution in [-0.4, -0.2) is 47.5 Å². The van der Waals surface area contributed by atoms with Crippen molar-refractivity contribution in [3.8, 4) is 0 Å². The largest absolute Gasteiger partial charge is 0.466 e. The van der Waals surface area contributed by atoms with E-state index in [2.05, 4.69) is 0 Å². The maximum absolute atomic E-state index is 12.1. The van der Waals surface area contributed by atoms with Gasteiger partial charge in [0, 0.05) is 12.3 Å². The van der Waals surface area contributed by atoms with E-state index in [1.807, 2.05) is 0 Å². The minimum absolute atomic E-state index is 0.0716. The maximum atomic E-state index is 12.1. The van der Waals surface area contributed by atoms with Crippen LogP contribution in [-0.2, 0) is 14.3 Å². The Bertz CT molecular complexity index is 387. The third-order valence-corrected chi connectivity index (χ3v) is 2.92. The van der Waals surface area contributed by atoms with Crippen molar-refractivity contribution in [3.63, 3.8) is 0 Å². The van der Waals surface area contributed by atoms with Crippen molar-refractivity contribution in [3.05, 3.63) is 0 Å². The molecular weight excluding hydrogens is 260 g/mol. The molecule has 0 saturated carbocycles. The Labute approximate surface area is 119 Å². The van der Waals surface area contributed by atoms with Gasteiger partial charge in [0.25, 0.3) is 0 Å². The summed E-state index contributed by atoms with van der Waals surface area (Å²) < 4.78 is 10.2. The van der Waals surface area contributed by atoms with E-state index in [0.29, 0.717) is 19.6 Å². The number of likely N-dealkylation sites (tertiary alicyclic amines) is 1. The van der Waals surface area contributed by atoms with Crippen molar-refractivity contribution < 1.29 is 19.1 Å². The zero-order valence-corrected chi connectivity index (χ0v) is 12.7. The van der Waals surface area contributed by atoms with Crippen LogP contribution in [0.2, 0.25) is 0 Å². The topological polar surface area (TPSA) is 79.7 Å². The monoisotopic (exact) mass is 284 g/mol. The van der Waals surface area contributed by atoms with Gasteiger partial charge in [-0.2, -0.15) is 0 Å². The fourth-order valence-electron chi connectivity index (χ4n) is 2.15. The van der Waals surface area contributed by atoms with E-state index < -0.39 is 17.7 Å². The third kappa shape index (κ3) is 4.83.